The fourth-order valence-corrected chi connectivity index (χ4v) is 2.77. The molecule has 104 valence electrons. The van der Waals surface area contributed by atoms with Gasteiger partial charge in [-0.05, 0) is 42.7 Å². The van der Waals surface area contributed by atoms with Crippen LogP contribution in [0.5, 0.6) is 5.75 Å². The van der Waals surface area contributed by atoms with E-state index >= 15 is 0 Å². The van der Waals surface area contributed by atoms with Gasteiger partial charge in [0.2, 0.25) is 5.95 Å². The van der Waals surface area contributed by atoms with E-state index in [2.05, 4.69) is 22.0 Å². The van der Waals surface area contributed by atoms with Crippen LogP contribution < -0.4 is 9.64 Å². The lowest BCUT2D eigenvalue weighted by atomic mass is 10.0. The molecule has 1 aromatic carbocycles. The molecule has 1 aliphatic rings. The number of hydrogen-bond donors (Lipinski definition) is 0. The predicted octanol–water partition coefficient (Wildman–Crippen LogP) is 3.57. The van der Waals surface area contributed by atoms with Crippen LogP contribution in [-0.4, -0.2) is 18.6 Å². The minimum atomic E-state index is -0.428. The lowest BCUT2D eigenvalue weighted by molar-refractivity contribution is 0.414. The lowest BCUT2D eigenvalue weighted by Gasteiger charge is -2.26. The van der Waals surface area contributed by atoms with Gasteiger partial charge in [-0.1, -0.05) is 18.2 Å². The highest BCUT2D eigenvalue weighted by atomic mass is 19.1. The Kier molecular flexibility index (Phi) is 3.54. The van der Waals surface area contributed by atoms with Crippen LogP contribution in [0.2, 0.25) is 0 Å². The smallest absolute Gasteiger partial charge is 0.214 e. The number of nitrogens with zero attached hydrogens (tertiary/aromatic N) is 2. The summed E-state index contributed by atoms with van der Waals surface area (Å²) in [6.45, 7) is 0.910. The van der Waals surface area contributed by atoms with Crippen molar-refractivity contribution in [2.45, 2.75) is 18.9 Å². The molecule has 2 aromatic rings. The van der Waals surface area contributed by atoms with Crippen LogP contribution in [0.3, 0.4) is 0 Å². The Balaban J connectivity index is 1.88. The first kappa shape index (κ1) is 12.9. The van der Waals surface area contributed by atoms with Crippen LogP contribution in [-0.2, 0) is 0 Å². The number of hydrogen-bond acceptors (Lipinski definition) is 3. The van der Waals surface area contributed by atoms with Gasteiger partial charge in [0.1, 0.15) is 11.6 Å². The molecule has 1 aliphatic heterocycles. The molecule has 0 saturated carbocycles. The van der Waals surface area contributed by atoms with E-state index in [1.165, 1.54) is 11.6 Å². The standard InChI is InChI=1S/C16H17FN2O/c1-20-13-9-7-12(8-10-13)14-4-3-11-19(14)16-6-2-5-15(17)18-16/h2,5-10,14H,3-4,11H2,1H3. The Labute approximate surface area is 118 Å². The number of pyridine rings is 1. The van der Waals surface area contributed by atoms with Gasteiger partial charge in [-0.3, -0.25) is 0 Å². The molecule has 0 aliphatic carbocycles. The number of rotatable bonds is 3. The summed E-state index contributed by atoms with van der Waals surface area (Å²) in [5.74, 6) is 1.13. The number of benzene rings is 1. The molecule has 0 bridgehead atoms. The molecule has 1 unspecified atom stereocenters. The van der Waals surface area contributed by atoms with E-state index in [9.17, 15) is 4.39 Å². The van der Waals surface area contributed by atoms with Crippen LogP contribution in [0, 0.1) is 5.95 Å². The Morgan fingerprint density at radius 2 is 2.00 bits per heavy atom. The third-order valence-electron chi connectivity index (χ3n) is 3.75. The maximum atomic E-state index is 13.3. The normalized spacial score (nSPS) is 18.3. The molecule has 3 nitrogen and oxygen atoms in total. The van der Waals surface area contributed by atoms with E-state index in [4.69, 9.17) is 4.74 Å². The van der Waals surface area contributed by atoms with Gasteiger partial charge in [-0.25, -0.2) is 4.98 Å². The number of aromatic nitrogens is 1. The van der Waals surface area contributed by atoms with Crippen LogP contribution in [0.25, 0.3) is 0 Å². The Hall–Kier alpha value is -2.10. The second kappa shape index (κ2) is 5.49. The Morgan fingerprint density at radius 1 is 1.20 bits per heavy atom. The fourth-order valence-electron chi connectivity index (χ4n) is 2.77. The summed E-state index contributed by atoms with van der Waals surface area (Å²) in [7, 11) is 1.66. The second-order valence-electron chi connectivity index (χ2n) is 4.94. The molecule has 4 heteroatoms. The van der Waals surface area contributed by atoms with Gasteiger partial charge >= 0.3 is 0 Å². The zero-order valence-electron chi connectivity index (χ0n) is 11.4. The third-order valence-corrected chi connectivity index (χ3v) is 3.75. The van der Waals surface area contributed by atoms with Crippen molar-refractivity contribution in [2.24, 2.45) is 0 Å². The van der Waals surface area contributed by atoms with Gasteiger partial charge in [-0.15, -0.1) is 0 Å². The quantitative estimate of drug-likeness (QED) is 0.799. The van der Waals surface area contributed by atoms with Gasteiger partial charge in [0.05, 0.1) is 13.2 Å². The van der Waals surface area contributed by atoms with Gasteiger partial charge in [0.15, 0.2) is 0 Å². The summed E-state index contributed by atoms with van der Waals surface area (Å²) in [6.07, 6.45) is 2.15. The number of ether oxygens (including phenoxy) is 1. The van der Waals surface area contributed by atoms with Gasteiger partial charge < -0.3 is 9.64 Å². The van der Waals surface area contributed by atoms with Crippen molar-refractivity contribution in [2.75, 3.05) is 18.6 Å². The average Bonchev–Trinajstić information content (AvgIpc) is 2.97. The third kappa shape index (κ3) is 2.46. The summed E-state index contributed by atoms with van der Waals surface area (Å²) < 4.78 is 18.5. The Bertz CT molecular complexity index is 585. The molecule has 3 rings (SSSR count). The van der Waals surface area contributed by atoms with Crippen molar-refractivity contribution < 1.29 is 9.13 Å². The fraction of sp³-hybridized carbons (Fsp3) is 0.312. The van der Waals surface area contributed by atoms with E-state index in [1.807, 2.05) is 18.2 Å². The zero-order valence-corrected chi connectivity index (χ0v) is 11.4. The molecule has 2 heterocycles. The average molecular weight is 272 g/mol. The lowest BCUT2D eigenvalue weighted by Crippen LogP contribution is -2.23. The van der Waals surface area contributed by atoms with Crippen molar-refractivity contribution in [1.82, 2.24) is 4.98 Å². The summed E-state index contributed by atoms with van der Waals surface area (Å²) in [4.78, 5) is 6.17. The number of methoxy groups -OCH3 is 1. The highest BCUT2D eigenvalue weighted by molar-refractivity contribution is 5.44. The van der Waals surface area contributed by atoms with E-state index in [-0.39, 0.29) is 6.04 Å². The molecule has 0 radical (unpaired) electrons. The van der Waals surface area contributed by atoms with E-state index < -0.39 is 5.95 Å². The minimum Gasteiger partial charge on any atom is -0.497 e. The first-order valence-corrected chi connectivity index (χ1v) is 6.81. The van der Waals surface area contributed by atoms with Gasteiger partial charge in [-0.2, -0.15) is 4.39 Å². The largest absolute Gasteiger partial charge is 0.497 e. The second-order valence-corrected chi connectivity index (χ2v) is 4.94. The van der Waals surface area contributed by atoms with Gasteiger partial charge in [0, 0.05) is 6.54 Å². The molecular weight excluding hydrogens is 255 g/mol. The predicted molar refractivity (Wildman–Crippen MR) is 76.5 cm³/mol. The summed E-state index contributed by atoms with van der Waals surface area (Å²) in [5, 5.41) is 0. The molecule has 0 spiro atoms. The highest BCUT2D eigenvalue weighted by Crippen LogP contribution is 2.35. The minimum absolute atomic E-state index is 0.259. The maximum Gasteiger partial charge on any atom is 0.214 e. The van der Waals surface area contributed by atoms with Crippen molar-refractivity contribution in [3.8, 4) is 5.75 Å². The Morgan fingerprint density at radius 3 is 2.70 bits per heavy atom. The first-order chi connectivity index (χ1) is 9.78. The SMILES string of the molecule is COc1ccc(C2CCCN2c2cccc(F)n2)cc1. The molecule has 20 heavy (non-hydrogen) atoms. The van der Waals surface area contributed by atoms with Crippen LogP contribution in [0.15, 0.2) is 42.5 Å². The molecule has 1 aromatic heterocycles. The molecule has 0 amide bonds. The van der Waals surface area contributed by atoms with Crippen molar-refractivity contribution in [3.63, 3.8) is 0 Å². The first-order valence-electron chi connectivity index (χ1n) is 6.81. The zero-order chi connectivity index (χ0) is 13.9. The molecular formula is C16H17FN2O. The van der Waals surface area contributed by atoms with Crippen LogP contribution in [0.4, 0.5) is 10.2 Å². The summed E-state index contributed by atoms with van der Waals surface area (Å²) >= 11 is 0. The molecule has 1 atom stereocenters. The van der Waals surface area contributed by atoms with Gasteiger partial charge in [0.25, 0.3) is 0 Å². The number of halogens is 1. The molecule has 0 N–H and O–H groups in total. The molecule has 1 fully saturated rings. The van der Waals surface area contributed by atoms with Crippen LogP contribution in [0.1, 0.15) is 24.4 Å². The molecule has 1 saturated heterocycles. The number of anilines is 1. The van der Waals surface area contributed by atoms with Crippen molar-refractivity contribution in [1.29, 1.82) is 0 Å². The topological polar surface area (TPSA) is 25.4 Å². The summed E-state index contributed by atoms with van der Waals surface area (Å²) in [5.41, 5.74) is 1.22. The van der Waals surface area contributed by atoms with Crippen molar-refractivity contribution in [3.05, 3.63) is 54.0 Å². The highest BCUT2D eigenvalue weighted by Gasteiger charge is 2.27. The van der Waals surface area contributed by atoms with E-state index in [0.717, 1.165) is 25.1 Å². The summed E-state index contributed by atoms with van der Waals surface area (Å²) in [6, 6.07) is 13.3. The maximum absolute atomic E-state index is 13.3. The van der Waals surface area contributed by atoms with E-state index in [0.29, 0.717) is 5.82 Å². The monoisotopic (exact) mass is 272 g/mol. The van der Waals surface area contributed by atoms with Crippen LogP contribution >= 0.6 is 0 Å². The van der Waals surface area contributed by atoms with Crippen molar-refractivity contribution >= 4 is 5.82 Å². The van der Waals surface area contributed by atoms with E-state index in [1.54, 1.807) is 13.2 Å².